The van der Waals surface area contributed by atoms with Crippen LogP contribution in [-0.2, 0) is 4.79 Å². The molecule has 0 saturated carbocycles. The topological polar surface area (TPSA) is 95.8 Å². The minimum Gasteiger partial charge on any atom is -0.368 e. The van der Waals surface area contributed by atoms with Crippen LogP contribution < -0.4 is 10.2 Å². The molecule has 9 heteroatoms. The molecule has 1 fully saturated rings. The van der Waals surface area contributed by atoms with Crippen LogP contribution in [0.4, 0.5) is 17.1 Å². The third-order valence-corrected chi connectivity index (χ3v) is 4.94. The van der Waals surface area contributed by atoms with Gasteiger partial charge in [0.15, 0.2) is 0 Å². The van der Waals surface area contributed by atoms with Crippen molar-refractivity contribution in [3.05, 3.63) is 63.2 Å². The predicted octanol–water partition coefficient (Wildman–Crippen LogP) is 3.17. The number of benzene rings is 2. The van der Waals surface area contributed by atoms with Crippen molar-refractivity contribution >= 4 is 40.5 Å². The molecule has 0 radical (unpaired) electrons. The van der Waals surface area contributed by atoms with Gasteiger partial charge in [0.2, 0.25) is 5.91 Å². The van der Waals surface area contributed by atoms with Crippen LogP contribution in [0, 0.1) is 10.1 Å². The Morgan fingerprint density at radius 3 is 2.29 bits per heavy atom. The number of nitro benzene ring substituents is 1. The Kier molecular flexibility index (Phi) is 5.79. The molecule has 1 saturated heterocycles. The third kappa shape index (κ3) is 4.40. The van der Waals surface area contributed by atoms with Crippen molar-refractivity contribution in [1.82, 2.24) is 4.90 Å². The second-order valence-corrected chi connectivity index (χ2v) is 6.82. The van der Waals surface area contributed by atoms with Gasteiger partial charge < -0.3 is 15.1 Å². The van der Waals surface area contributed by atoms with E-state index in [9.17, 15) is 19.7 Å². The smallest absolute Gasteiger partial charge is 0.288 e. The molecule has 2 aromatic rings. The maximum absolute atomic E-state index is 12.4. The summed E-state index contributed by atoms with van der Waals surface area (Å²) in [6, 6.07) is 11.3. The highest BCUT2D eigenvalue weighted by atomic mass is 35.5. The van der Waals surface area contributed by atoms with Crippen LogP contribution in [0.25, 0.3) is 0 Å². The molecule has 0 bridgehead atoms. The predicted molar refractivity (Wildman–Crippen MR) is 107 cm³/mol. The Labute approximate surface area is 166 Å². The summed E-state index contributed by atoms with van der Waals surface area (Å²) in [6.07, 6.45) is 0. The van der Waals surface area contributed by atoms with Gasteiger partial charge >= 0.3 is 0 Å². The van der Waals surface area contributed by atoms with Crippen molar-refractivity contribution in [2.45, 2.75) is 6.92 Å². The average Bonchev–Trinajstić information content (AvgIpc) is 2.68. The highest BCUT2D eigenvalue weighted by Crippen LogP contribution is 2.26. The lowest BCUT2D eigenvalue weighted by atomic mass is 10.1. The number of nitrogens with zero attached hydrogens (tertiary/aromatic N) is 3. The Balaban J connectivity index is 1.65. The maximum Gasteiger partial charge on any atom is 0.288 e. The zero-order chi connectivity index (χ0) is 20.3. The van der Waals surface area contributed by atoms with Crippen LogP contribution in [0.3, 0.4) is 0 Å². The van der Waals surface area contributed by atoms with Gasteiger partial charge in [0.1, 0.15) is 5.02 Å². The minimum absolute atomic E-state index is 0.0178. The molecule has 0 spiro atoms. The molecular formula is C19H19ClN4O4. The number of nitrogens with one attached hydrogen (secondary N) is 1. The summed E-state index contributed by atoms with van der Waals surface area (Å²) >= 11 is 5.77. The second-order valence-electron chi connectivity index (χ2n) is 6.42. The lowest BCUT2D eigenvalue weighted by Gasteiger charge is -2.35. The van der Waals surface area contributed by atoms with Gasteiger partial charge in [-0.15, -0.1) is 0 Å². The van der Waals surface area contributed by atoms with E-state index in [4.69, 9.17) is 11.6 Å². The van der Waals surface area contributed by atoms with Crippen LogP contribution in [0.1, 0.15) is 17.3 Å². The largest absolute Gasteiger partial charge is 0.368 e. The molecule has 8 nitrogen and oxygen atoms in total. The fraction of sp³-hybridized carbons (Fsp3) is 0.263. The molecule has 0 unspecified atom stereocenters. The number of carbonyl (C=O) groups excluding carboxylic acids is 2. The van der Waals surface area contributed by atoms with Crippen LogP contribution >= 0.6 is 11.6 Å². The number of nitro groups is 1. The van der Waals surface area contributed by atoms with Crippen LogP contribution in [0.15, 0.2) is 42.5 Å². The van der Waals surface area contributed by atoms with Crippen molar-refractivity contribution in [2.24, 2.45) is 0 Å². The Hall–Kier alpha value is -3.13. The molecule has 2 amide bonds. The summed E-state index contributed by atoms with van der Waals surface area (Å²) in [5.41, 5.74) is 1.42. The number of hydrogen-bond acceptors (Lipinski definition) is 5. The molecular weight excluding hydrogens is 384 g/mol. The number of rotatable bonds is 4. The van der Waals surface area contributed by atoms with Crippen LogP contribution in [-0.4, -0.2) is 47.8 Å². The zero-order valence-electron chi connectivity index (χ0n) is 15.2. The normalized spacial score (nSPS) is 13.9. The van der Waals surface area contributed by atoms with Gasteiger partial charge in [0.25, 0.3) is 11.6 Å². The number of carbonyl (C=O) groups is 2. The number of halogens is 1. The van der Waals surface area contributed by atoms with E-state index < -0.39 is 10.8 Å². The summed E-state index contributed by atoms with van der Waals surface area (Å²) in [5, 5.41) is 13.7. The summed E-state index contributed by atoms with van der Waals surface area (Å²) in [5.74, 6) is -0.372. The van der Waals surface area contributed by atoms with Gasteiger partial charge in [0, 0.05) is 56.1 Å². The summed E-state index contributed by atoms with van der Waals surface area (Å²) in [7, 11) is 0. The number of amides is 2. The first-order valence-electron chi connectivity index (χ1n) is 8.71. The van der Waals surface area contributed by atoms with Crippen LogP contribution in [0.5, 0.6) is 0 Å². The molecule has 1 heterocycles. The highest BCUT2D eigenvalue weighted by Gasteiger charge is 2.19. The van der Waals surface area contributed by atoms with Crippen molar-refractivity contribution in [3.63, 3.8) is 0 Å². The average molecular weight is 403 g/mol. The van der Waals surface area contributed by atoms with Gasteiger partial charge in [0.05, 0.1) is 4.92 Å². The van der Waals surface area contributed by atoms with E-state index in [1.165, 1.54) is 12.1 Å². The van der Waals surface area contributed by atoms with Gasteiger partial charge in [-0.05, 0) is 36.4 Å². The maximum atomic E-state index is 12.4. The van der Waals surface area contributed by atoms with Crippen molar-refractivity contribution in [1.29, 1.82) is 0 Å². The monoisotopic (exact) mass is 402 g/mol. The standard InChI is InChI=1S/C19H19ClN4O4/c1-13(25)22-8-10-23(11-9-22)16-5-3-15(4-6-16)21-19(26)14-2-7-17(20)18(12-14)24(27)28/h2-7,12H,8-11H2,1H3,(H,21,26). The van der Waals surface area contributed by atoms with E-state index in [1.807, 2.05) is 17.0 Å². The Morgan fingerprint density at radius 2 is 1.71 bits per heavy atom. The van der Waals surface area contributed by atoms with E-state index in [0.29, 0.717) is 18.8 Å². The molecule has 2 aromatic carbocycles. The third-order valence-electron chi connectivity index (χ3n) is 4.62. The summed E-state index contributed by atoms with van der Waals surface area (Å²) < 4.78 is 0. The first-order valence-corrected chi connectivity index (χ1v) is 9.09. The van der Waals surface area contributed by atoms with E-state index >= 15 is 0 Å². The molecule has 0 atom stereocenters. The quantitative estimate of drug-likeness (QED) is 0.626. The first kappa shape index (κ1) is 19.6. The van der Waals surface area contributed by atoms with Gasteiger partial charge in [-0.25, -0.2) is 0 Å². The van der Waals surface area contributed by atoms with E-state index in [0.717, 1.165) is 24.8 Å². The number of anilines is 2. The van der Waals surface area contributed by atoms with Gasteiger partial charge in [-0.1, -0.05) is 11.6 Å². The minimum atomic E-state index is -0.625. The van der Waals surface area contributed by atoms with E-state index in [-0.39, 0.29) is 22.2 Å². The lowest BCUT2D eigenvalue weighted by molar-refractivity contribution is -0.384. The van der Waals surface area contributed by atoms with E-state index in [2.05, 4.69) is 10.2 Å². The fourth-order valence-corrected chi connectivity index (χ4v) is 3.22. The molecule has 1 N–H and O–H groups in total. The van der Waals surface area contributed by atoms with Crippen molar-refractivity contribution < 1.29 is 14.5 Å². The summed E-state index contributed by atoms with van der Waals surface area (Å²) in [4.78, 5) is 38.1. The first-order chi connectivity index (χ1) is 13.3. The summed E-state index contributed by atoms with van der Waals surface area (Å²) in [6.45, 7) is 4.44. The Morgan fingerprint density at radius 1 is 1.07 bits per heavy atom. The molecule has 1 aliphatic rings. The molecule has 0 aromatic heterocycles. The lowest BCUT2D eigenvalue weighted by Crippen LogP contribution is -2.48. The van der Waals surface area contributed by atoms with Gasteiger partial charge in [-0.2, -0.15) is 0 Å². The number of piperazine rings is 1. The molecule has 1 aliphatic heterocycles. The Bertz CT molecular complexity index is 909. The second kappa shape index (κ2) is 8.26. The van der Waals surface area contributed by atoms with Gasteiger partial charge in [-0.3, -0.25) is 19.7 Å². The van der Waals surface area contributed by atoms with E-state index in [1.54, 1.807) is 19.1 Å². The fourth-order valence-electron chi connectivity index (χ4n) is 3.03. The molecule has 0 aliphatic carbocycles. The van der Waals surface area contributed by atoms with Crippen molar-refractivity contribution in [2.75, 3.05) is 36.4 Å². The molecule has 28 heavy (non-hydrogen) atoms. The van der Waals surface area contributed by atoms with Crippen LogP contribution in [0.2, 0.25) is 5.02 Å². The van der Waals surface area contributed by atoms with Crippen molar-refractivity contribution in [3.8, 4) is 0 Å². The number of hydrogen-bond donors (Lipinski definition) is 1. The zero-order valence-corrected chi connectivity index (χ0v) is 16.0. The molecule has 146 valence electrons. The highest BCUT2D eigenvalue weighted by molar-refractivity contribution is 6.32. The molecule has 3 rings (SSSR count). The SMILES string of the molecule is CC(=O)N1CCN(c2ccc(NC(=O)c3ccc(Cl)c([N+](=O)[O-])c3)cc2)CC1.